The van der Waals surface area contributed by atoms with E-state index < -0.39 is 0 Å². The molecule has 0 fully saturated rings. The number of rotatable bonds is 6. The molecule has 0 spiro atoms. The second kappa shape index (κ2) is 6.39. The molecule has 0 saturated carbocycles. The molecular weight excluding hydrogens is 260 g/mol. The van der Waals surface area contributed by atoms with Crippen LogP contribution in [0, 0.1) is 0 Å². The first-order valence-corrected chi connectivity index (χ1v) is 7.95. The van der Waals surface area contributed by atoms with Crippen molar-refractivity contribution in [2.75, 3.05) is 7.05 Å². The summed E-state index contributed by atoms with van der Waals surface area (Å²) in [5.41, 5.74) is 3.02. The molecule has 2 atom stereocenters. The van der Waals surface area contributed by atoms with Crippen LogP contribution < -0.4 is 5.32 Å². The molecule has 1 N–H and O–H groups in total. The smallest absolute Gasteiger partial charge is 0.138 e. The van der Waals surface area contributed by atoms with Crippen LogP contribution in [0.5, 0.6) is 0 Å². The molecule has 1 aromatic heterocycles. The van der Waals surface area contributed by atoms with Crippen LogP contribution in [0.25, 0.3) is 0 Å². The van der Waals surface area contributed by atoms with Gasteiger partial charge >= 0.3 is 0 Å². The predicted molar refractivity (Wildman–Crippen MR) is 84.4 cm³/mol. The maximum atomic E-state index is 4.46. The minimum Gasteiger partial charge on any atom is -0.316 e. The Hall–Kier alpha value is -1.68. The summed E-state index contributed by atoms with van der Waals surface area (Å²) in [6, 6.07) is 9.28. The van der Waals surface area contributed by atoms with Crippen LogP contribution >= 0.6 is 0 Å². The molecule has 1 aromatic carbocycles. The van der Waals surface area contributed by atoms with Gasteiger partial charge in [0.05, 0.1) is 0 Å². The lowest BCUT2D eigenvalue weighted by molar-refractivity contribution is 0.434. The standard InChI is InChI=1S/C17H24N4/c1-3-10-21-17(19-12-20-21)11-16(18-2)15-9-8-13-6-4-5-7-14(13)15/h4-7,12,15-16,18H,3,8-11H2,1-2H3. The quantitative estimate of drug-likeness (QED) is 0.886. The van der Waals surface area contributed by atoms with Crippen LogP contribution in [0.3, 0.4) is 0 Å². The van der Waals surface area contributed by atoms with Crippen molar-refractivity contribution in [2.45, 2.75) is 51.1 Å². The summed E-state index contributed by atoms with van der Waals surface area (Å²) in [6.45, 7) is 3.13. The van der Waals surface area contributed by atoms with Crippen molar-refractivity contribution >= 4 is 0 Å². The van der Waals surface area contributed by atoms with Gasteiger partial charge in [0, 0.05) is 24.9 Å². The van der Waals surface area contributed by atoms with Crippen LogP contribution in [0.2, 0.25) is 0 Å². The lowest BCUT2D eigenvalue weighted by Crippen LogP contribution is -2.34. The van der Waals surface area contributed by atoms with E-state index in [1.165, 1.54) is 24.0 Å². The highest BCUT2D eigenvalue weighted by molar-refractivity contribution is 5.36. The molecule has 1 aliphatic carbocycles. The Kier molecular flexibility index (Phi) is 4.34. The first-order valence-electron chi connectivity index (χ1n) is 7.95. The van der Waals surface area contributed by atoms with Gasteiger partial charge in [-0.1, -0.05) is 31.2 Å². The van der Waals surface area contributed by atoms with Gasteiger partial charge in [-0.3, -0.25) is 4.68 Å². The number of likely N-dealkylation sites (N-methyl/N-ethyl adjacent to an activating group) is 1. The number of nitrogens with one attached hydrogen (secondary N) is 1. The first-order chi connectivity index (χ1) is 10.3. The molecular formula is C17H24N4. The van der Waals surface area contributed by atoms with Crippen LogP contribution in [0.4, 0.5) is 0 Å². The molecule has 0 bridgehead atoms. The van der Waals surface area contributed by atoms with Crippen molar-refractivity contribution in [3.63, 3.8) is 0 Å². The van der Waals surface area contributed by atoms with Gasteiger partial charge in [0.15, 0.2) is 0 Å². The van der Waals surface area contributed by atoms with Gasteiger partial charge in [0.2, 0.25) is 0 Å². The highest BCUT2D eigenvalue weighted by atomic mass is 15.3. The summed E-state index contributed by atoms with van der Waals surface area (Å²) >= 11 is 0. The zero-order chi connectivity index (χ0) is 14.7. The Bertz CT molecular complexity index is 590. The van der Waals surface area contributed by atoms with E-state index in [0.717, 1.165) is 25.2 Å². The van der Waals surface area contributed by atoms with E-state index in [0.29, 0.717) is 12.0 Å². The molecule has 0 radical (unpaired) electrons. The van der Waals surface area contributed by atoms with Crippen LogP contribution in [0.1, 0.15) is 42.6 Å². The van der Waals surface area contributed by atoms with E-state index in [2.05, 4.69) is 53.6 Å². The van der Waals surface area contributed by atoms with E-state index >= 15 is 0 Å². The van der Waals surface area contributed by atoms with Gasteiger partial charge in [-0.2, -0.15) is 5.10 Å². The summed E-state index contributed by atoms with van der Waals surface area (Å²) in [5, 5.41) is 7.85. The monoisotopic (exact) mass is 284 g/mol. The minimum absolute atomic E-state index is 0.424. The number of aromatic nitrogens is 3. The maximum absolute atomic E-state index is 4.46. The molecule has 3 rings (SSSR count). The molecule has 21 heavy (non-hydrogen) atoms. The summed E-state index contributed by atoms with van der Waals surface area (Å²) in [4.78, 5) is 4.46. The highest BCUT2D eigenvalue weighted by Crippen LogP contribution is 2.36. The normalized spacial score (nSPS) is 18.7. The van der Waals surface area contributed by atoms with Crippen molar-refractivity contribution in [1.82, 2.24) is 20.1 Å². The second-order valence-corrected chi connectivity index (χ2v) is 5.84. The zero-order valence-electron chi connectivity index (χ0n) is 12.9. The lowest BCUT2D eigenvalue weighted by Gasteiger charge is -2.24. The summed E-state index contributed by atoms with van der Waals surface area (Å²) in [5.74, 6) is 1.68. The van der Waals surface area contributed by atoms with Crippen molar-refractivity contribution in [1.29, 1.82) is 0 Å². The molecule has 0 amide bonds. The minimum atomic E-state index is 0.424. The number of hydrogen-bond donors (Lipinski definition) is 1. The molecule has 4 heteroatoms. The predicted octanol–water partition coefficient (Wildman–Crippen LogP) is 2.55. The number of hydrogen-bond acceptors (Lipinski definition) is 3. The van der Waals surface area contributed by atoms with Crippen LogP contribution in [-0.2, 0) is 19.4 Å². The van der Waals surface area contributed by atoms with Crippen molar-refractivity contribution < 1.29 is 0 Å². The van der Waals surface area contributed by atoms with Gasteiger partial charge in [0.1, 0.15) is 12.2 Å². The zero-order valence-corrected chi connectivity index (χ0v) is 12.9. The fraction of sp³-hybridized carbons (Fsp3) is 0.529. The number of aryl methyl sites for hydroxylation is 2. The summed E-state index contributed by atoms with van der Waals surface area (Å²) in [7, 11) is 2.06. The Morgan fingerprint density at radius 1 is 1.38 bits per heavy atom. The van der Waals surface area contributed by atoms with Crippen molar-refractivity contribution in [3.8, 4) is 0 Å². The van der Waals surface area contributed by atoms with Gasteiger partial charge in [0.25, 0.3) is 0 Å². The fourth-order valence-electron chi connectivity index (χ4n) is 3.49. The molecule has 2 aromatic rings. The Balaban J connectivity index is 1.79. The van der Waals surface area contributed by atoms with Gasteiger partial charge in [-0.05, 0) is 37.4 Å². The van der Waals surface area contributed by atoms with Gasteiger partial charge in [-0.15, -0.1) is 0 Å². The third-order valence-corrected chi connectivity index (χ3v) is 4.57. The maximum Gasteiger partial charge on any atom is 0.138 e. The van der Waals surface area contributed by atoms with E-state index in [1.54, 1.807) is 6.33 Å². The van der Waals surface area contributed by atoms with Gasteiger partial charge in [-0.25, -0.2) is 4.98 Å². The second-order valence-electron chi connectivity index (χ2n) is 5.84. The molecule has 112 valence electrons. The lowest BCUT2D eigenvalue weighted by atomic mass is 9.91. The highest BCUT2D eigenvalue weighted by Gasteiger charge is 2.29. The van der Waals surface area contributed by atoms with Gasteiger partial charge < -0.3 is 5.32 Å². The number of nitrogens with zero attached hydrogens (tertiary/aromatic N) is 3. The SMILES string of the molecule is CCCn1ncnc1CC(NC)C1CCc2ccccc21. The van der Waals surface area contributed by atoms with E-state index in [9.17, 15) is 0 Å². The Labute approximate surface area is 126 Å². The average molecular weight is 284 g/mol. The Morgan fingerprint density at radius 2 is 2.24 bits per heavy atom. The first kappa shape index (κ1) is 14.3. The molecule has 0 saturated heterocycles. The van der Waals surface area contributed by atoms with Crippen molar-refractivity contribution in [3.05, 3.63) is 47.5 Å². The number of fused-ring (bicyclic) bond motifs is 1. The summed E-state index contributed by atoms with van der Waals surface area (Å²) in [6.07, 6.45) is 6.14. The Morgan fingerprint density at radius 3 is 3.05 bits per heavy atom. The van der Waals surface area contributed by atoms with E-state index in [1.807, 2.05) is 4.68 Å². The molecule has 4 nitrogen and oxygen atoms in total. The van der Waals surface area contributed by atoms with E-state index in [-0.39, 0.29) is 0 Å². The molecule has 2 unspecified atom stereocenters. The average Bonchev–Trinajstić information content (AvgIpc) is 3.12. The molecule has 1 heterocycles. The van der Waals surface area contributed by atoms with E-state index in [4.69, 9.17) is 0 Å². The third kappa shape index (κ3) is 2.86. The fourth-order valence-corrected chi connectivity index (χ4v) is 3.49. The van der Waals surface area contributed by atoms with Crippen LogP contribution in [-0.4, -0.2) is 27.9 Å². The topological polar surface area (TPSA) is 42.7 Å². The molecule has 1 aliphatic rings. The largest absolute Gasteiger partial charge is 0.316 e. The van der Waals surface area contributed by atoms with Crippen LogP contribution in [0.15, 0.2) is 30.6 Å². The number of benzene rings is 1. The third-order valence-electron chi connectivity index (χ3n) is 4.57. The van der Waals surface area contributed by atoms with Crippen molar-refractivity contribution in [2.24, 2.45) is 0 Å². The summed E-state index contributed by atoms with van der Waals surface area (Å²) < 4.78 is 2.05. The molecule has 0 aliphatic heterocycles.